The molecule has 0 aliphatic heterocycles. The summed E-state index contributed by atoms with van der Waals surface area (Å²) in [4.78, 5) is 29.3. The Balaban J connectivity index is 2.28. The number of ether oxygens (including phenoxy) is 2. The van der Waals surface area contributed by atoms with Crippen molar-refractivity contribution in [2.75, 3.05) is 0 Å². The van der Waals surface area contributed by atoms with Crippen molar-refractivity contribution in [1.29, 1.82) is 0 Å². The van der Waals surface area contributed by atoms with Gasteiger partial charge < -0.3 is 14.5 Å². The van der Waals surface area contributed by atoms with Crippen LogP contribution in [0.4, 0.5) is 4.79 Å². The highest BCUT2D eigenvalue weighted by atomic mass is 16.7. The van der Waals surface area contributed by atoms with Gasteiger partial charge >= 0.3 is 6.16 Å². The Hall–Kier alpha value is -2.38. The molecule has 0 saturated carbocycles. The van der Waals surface area contributed by atoms with E-state index in [0.717, 1.165) is 0 Å². The fraction of sp³-hybridized carbons (Fsp3) is 0.400. The van der Waals surface area contributed by atoms with E-state index in [2.05, 4.69) is 20.2 Å². The van der Waals surface area contributed by atoms with Crippen LogP contribution in [0.3, 0.4) is 0 Å². The Kier molecular flexibility index (Phi) is 2.77. The molecule has 2 aromatic heterocycles. The Labute approximate surface area is 101 Å². The van der Waals surface area contributed by atoms with Gasteiger partial charge in [0.25, 0.3) is 11.4 Å². The molecule has 96 valence electrons. The van der Waals surface area contributed by atoms with Gasteiger partial charge in [-0.25, -0.2) is 14.9 Å². The zero-order valence-corrected chi connectivity index (χ0v) is 10.1. The van der Waals surface area contributed by atoms with Crippen LogP contribution >= 0.6 is 0 Å². The normalized spacial score (nSPS) is 11.5. The first-order valence-electron chi connectivity index (χ1n) is 5.19. The number of rotatable bonds is 1. The molecule has 0 spiro atoms. The van der Waals surface area contributed by atoms with E-state index in [0.29, 0.717) is 0 Å². The first-order valence-corrected chi connectivity index (χ1v) is 5.19. The van der Waals surface area contributed by atoms with Crippen molar-refractivity contribution in [3.05, 3.63) is 16.7 Å². The Morgan fingerprint density at radius 1 is 1.39 bits per heavy atom. The maximum Gasteiger partial charge on any atom is 0.515 e. The fourth-order valence-corrected chi connectivity index (χ4v) is 1.26. The highest BCUT2D eigenvalue weighted by Crippen LogP contribution is 2.17. The lowest BCUT2D eigenvalue weighted by atomic mass is 10.2. The Morgan fingerprint density at radius 2 is 2.11 bits per heavy atom. The number of carbonyl (C=O) groups is 1. The van der Waals surface area contributed by atoms with Crippen molar-refractivity contribution < 1.29 is 14.3 Å². The summed E-state index contributed by atoms with van der Waals surface area (Å²) in [5.41, 5.74) is -0.789. The van der Waals surface area contributed by atoms with E-state index in [1.165, 1.54) is 6.33 Å². The van der Waals surface area contributed by atoms with Gasteiger partial charge in [-0.2, -0.15) is 0 Å². The molecule has 0 aliphatic carbocycles. The molecular weight excluding hydrogens is 240 g/mol. The lowest BCUT2D eigenvalue weighted by Gasteiger charge is -2.18. The van der Waals surface area contributed by atoms with Gasteiger partial charge in [-0.15, -0.1) is 5.10 Å². The third kappa shape index (κ3) is 2.47. The smallest absolute Gasteiger partial charge is 0.428 e. The molecular formula is C10H12N4O4. The van der Waals surface area contributed by atoms with Crippen LogP contribution in [-0.4, -0.2) is 31.9 Å². The highest BCUT2D eigenvalue weighted by molar-refractivity contribution is 5.80. The van der Waals surface area contributed by atoms with Crippen LogP contribution in [-0.2, 0) is 4.74 Å². The van der Waals surface area contributed by atoms with E-state index < -0.39 is 17.3 Å². The van der Waals surface area contributed by atoms with Crippen molar-refractivity contribution in [3.63, 3.8) is 0 Å². The number of H-pyrrole nitrogens is 2. The van der Waals surface area contributed by atoms with Crippen molar-refractivity contribution >= 4 is 17.2 Å². The number of nitrogens with one attached hydrogen (secondary N) is 2. The zero-order valence-electron chi connectivity index (χ0n) is 10.1. The van der Waals surface area contributed by atoms with Crippen LogP contribution in [0.1, 0.15) is 20.8 Å². The van der Waals surface area contributed by atoms with E-state index in [1.54, 1.807) is 20.8 Å². The number of fused-ring (bicyclic) bond motifs is 1. The number of hydrogen-bond acceptors (Lipinski definition) is 6. The topological polar surface area (TPSA) is 110 Å². The van der Waals surface area contributed by atoms with Crippen molar-refractivity contribution in [1.82, 2.24) is 20.2 Å². The van der Waals surface area contributed by atoms with E-state index in [9.17, 15) is 9.59 Å². The number of nitrogens with zero attached hydrogens (tertiary/aromatic N) is 2. The summed E-state index contributed by atoms with van der Waals surface area (Å²) in [5, 5.41) is 5.79. The summed E-state index contributed by atoms with van der Waals surface area (Å²) in [5.74, 6) is -0.0867. The van der Waals surface area contributed by atoms with Gasteiger partial charge in [0, 0.05) is 0 Å². The molecule has 2 N–H and O–H groups in total. The number of hydrogen-bond donors (Lipinski definition) is 2. The van der Waals surface area contributed by atoms with Crippen LogP contribution in [0.15, 0.2) is 11.1 Å². The third-order valence-corrected chi connectivity index (χ3v) is 1.90. The summed E-state index contributed by atoms with van der Waals surface area (Å²) in [6.07, 6.45) is 0.404. The van der Waals surface area contributed by atoms with Crippen LogP contribution in [0.25, 0.3) is 11.0 Å². The van der Waals surface area contributed by atoms with Gasteiger partial charge in [0.1, 0.15) is 11.1 Å². The summed E-state index contributed by atoms with van der Waals surface area (Å²) in [6, 6.07) is 0. The zero-order chi connectivity index (χ0) is 13.3. The SMILES string of the molecule is CC(C)(C)OC(=O)Oc1n[nH]c(=O)c2nc[nH]c12. The van der Waals surface area contributed by atoms with E-state index in [1.807, 2.05) is 0 Å². The summed E-state index contributed by atoms with van der Waals surface area (Å²) < 4.78 is 9.87. The minimum absolute atomic E-state index is 0.0867. The Bertz CT molecular complexity index is 637. The minimum Gasteiger partial charge on any atom is -0.428 e. The molecule has 0 unspecified atom stereocenters. The van der Waals surface area contributed by atoms with Crippen molar-refractivity contribution in [2.24, 2.45) is 0 Å². The van der Waals surface area contributed by atoms with Crippen LogP contribution in [0.5, 0.6) is 5.88 Å². The van der Waals surface area contributed by atoms with Gasteiger partial charge in [-0.3, -0.25) is 4.79 Å². The van der Waals surface area contributed by atoms with Crippen LogP contribution in [0, 0.1) is 0 Å². The maximum absolute atomic E-state index is 11.5. The third-order valence-electron chi connectivity index (χ3n) is 1.90. The monoisotopic (exact) mass is 252 g/mol. The molecule has 2 heterocycles. The fourth-order valence-electron chi connectivity index (χ4n) is 1.26. The average Bonchev–Trinajstić information content (AvgIpc) is 2.69. The first kappa shape index (κ1) is 12.1. The van der Waals surface area contributed by atoms with Gasteiger partial charge in [0.05, 0.1) is 6.33 Å². The van der Waals surface area contributed by atoms with Gasteiger partial charge in [0.2, 0.25) is 0 Å². The molecule has 0 aromatic carbocycles. The predicted molar refractivity (Wildman–Crippen MR) is 61.4 cm³/mol. The van der Waals surface area contributed by atoms with Crippen molar-refractivity contribution in [2.45, 2.75) is 26.4 Å². The van der Waals surface area contributed by atoms with E-state index in [-0.39, 0.29) is 16.9 Å². The molecule has 0 aliphatic rings. The van der Waals surface area contributed by atoms with Crippen LogP contribution < -0.4 is 10.3 Å². The molecule has 18 heavy (non-hydrogen) atoms. The average molecular weight is 252 g/mol. The summed E-state index contributed by atoms with van der Waals surface area (Å²) >= 11 is 0. The summed E-state index contributed by atoms with van der Waals surface area (Å²) in [7, 11) is 0. The van der Waals surface area contributed by atoms with Gasteiger partial charge in [-0.1, -0.05) is 0 Å². The molecule has 0 atom stereocenters. The van der Waals surface area contributed by atoms with E-state index in [4.69, 9.17) is 9.47 Å². The molecule has 0 bridgehead atoms. The second kappa shape index (κ2) is 4.13. The number of imidazole rings is 1. The lowest BCUT2D eigenvalue weighted by molar-refractivity contribution is 0.0198. The molecule has 2 rings (SSSR count). The molecule has 0 fully saturated rings. The molecule has 0 amide bonds. The maximum atomic E-state index is 11.5. The minimum atomic E-state index is -0.905. The largest absolute Gasteiger partial charge is 0.515 e. The summed E-state index contributed by atoms with van der Waals surface area (Å²) in [6.45, 7) is 5.13. The number of aromatic amines is 2. The van der Waals surface area contributed by atoms with Gasteiger partial charge in [-0.05, 0) is 20.8 Å². The molecule has 0 saturated heterocycles. The second-order valence-electron chi connectivity index (χ2n) is 4.55. The second-order valence-corrected chi connectivity index (χ2v) is 4.55. The molecule has 8 nitrogen and oxygen atoms in total. The molecule has 0 radical (unpaired) electrons. The van der Waals surface area contributed by atoms with Gasteiger partial charge in [0.15, 0.2) is 5.52 Å². The van der Waals surface area contributed by atoms with Crippen molar-refractivity contribution in [3.8, 4) is 5.88 Å². The Morgan fingerprint density at radius 3 is 2.78 bits per heavy atom. The standard InChI is InChI=1S/C10H12N4O4/c1-10(2,3)18-9(16)17-8-6-5(11-4-12-6)7(15)13-14-8/h4H,1-3H3,(H,11,12)(H,13,15). The molecule has 2 aromatic rings. The highest BCUT2D eigenvalue weighted by Gasteiger charge is 2.20. The number of carbonyl (C=O) groups excluding carboxylic acids is 1. The number of aromatic nitrogens is 4. The predicted octanol–water partition coefficient (Wildman–Crippen LogP) is 0.960. The van der Waals surface area contributed by atoms with Crippen LogP contribution in [0.2, 0.25) is 0 Å². The first-order chi connectivity index (χ1) is 8.37. The quantitative estimate of drug-likeness (QED) is 0.731. The molecule has 8 heteroatoms. The lowest BCUT2D eigenvalue weighted by Crippen LogP contribution is -2.26. The van der Waals surface area contributed by atoms with E-state index >= 15 is 0 Å².